The van der Waals surface area contributed by atoms with E-state index in [1.807, 2.05) is 54.4 Å². The Morgan fingerprint density at radius 3 is 2.54 bits per heavy atom. The number of anilines is 1. The summed E-state index contributed by atoms with van der Waals surface area (Å²) in [6, 6.07) is 15.6. The second kappa shape index (κ2) is 7.97. The van der Waals surface area contributed by atoms with Gasteiger partial charge in [0.25, 0.3) is 0 Å². The number of nitrogens with zero attached hydrogens (tertiary/aromatic N) is 1. The van der Waals surface area contributed by atoms with Crippen LogP contribution in [0.25, 0.3) is 0 Å². The topological polar surface area (TPSA) is 52.6 Å². The van der Waals surface area contributed by atoms with Gasteiger partial charge in [0.05, 0.1) is 17.6 Å². The summed E-state index contributed by atoms with van der Waals surface area (Å²) in [7, 11) is 1.82. The van der Waals surface area contributed by atoms with E-state index in [0.29, 0.717) is 6.54 Å². The third kappa shape index (κ3) is 3.19. The maximum absolute atomic E-state index is 14.0. The van der Waals surface area contributed by atoms with E-state index in [1.165, 1.54) is 6.42 Å². The number of amides is 1. The summed E-state index contributed by atoms with van der Waals surface area (Å²) in [5.74, 6) is 0.143. The molecule has 1 amide bonds. The molecule has 5 heteroatoms. The molecule has 148 valence electrons. The van der Waals surface area contributed by atoms with Crippen molar-refractivity contribution in [3.63, 3.8) is 0 Å². The molecular formula is C23H27BrN2O2. The number of hydrogen-bond donors (Lipinski definition) is 2. The van der Waals surface area contributed by atoms with Crippen LogP contribution >= 0.6 is 15.9 Å². The molecule has 0 unspecified atom stereocenters. The lowest BCUT2D eigenvalue weighted by Gasteiger charge is -2.36. The van der Waals surface area contributed by atoms with Gasteiger partial charge in [0.1, 0.15) is 0 Å². The van der Waals surface area contributed by atoms with Gasteiger partial charge >= 0.3 is 0 Å². The van der Waals surface area contributed by atoms with Gasteiger partial charge in [-0.15, -0.1) is 0 Å². The molecule has 1 fully saturated rings. The summed E-state index contributed by atoms with van der Waals surface area (Å²) in [5, 5.41) is 14.1. The SMILES string of the molecule is CNC[C@@H](O)[C@H](c1ccccc1)N1C(=O)C2(CCCCC2)c2cc(Br)ccc21. The first kappa shape index (κ1) is 19.6. The number of aliphatic hydroxyl groups is 1. The highest BCUT2D eigenvalue weighted by molar-refractivity contribution is 9.10. The van der Waals surface area contributed by atoms with Gasteiger partial charge in [0, 0.05) is 16.7 Å². The lowest BCUT2D eigenvalue weighted by molar-refractivity contribution is -0.125. The molecule has 0 aromatic heterocycles. The quantitative estimate of drug-likeness (QED) is 0.724. The number of halogens is 1. The van der Waals surface area contributed by atoms with Gasteiger partial charge in [-0.1, -0.05) is 65.5 Å². The number of hydrogen-bond acceptors (Lipinski definition) is 3. The lowest BCUT2D eigenvalue weighted by Crippen LogP contribution is -2.47. The third-order valence-electron chi connectivity index (χ3n) is 6.27. The fourth-order valence-corrected chi connectivity index (χ4v) is 5.35. The Morgan fingerprint density at radius 2 is 1.86 bits per heavy atom. The number of carbonyl (C=O) groups excluding carboxylic acids is 1. The van der Waals surface area contributed by atoms with Crippen molar-refractivity contribution < 1.29 is 9.90 Å². The molecule has 2 N–H and O–H groups in total. The van der Waals surface area contributed by atoms with Crippen molar-refractivity contribution in [1.82, 2.24) is 5.32 Å². The number of aliphatic hydroxyl groups excluding tert-OH is 1. The zero-order chi connectivity index (χ0) is 19.7. The first-order valence-corrected chi connectivity index (χ1v) is 10.9. The number of nitrogens with one attached hydrogen (secondary N) is 1. The maximum atomic E-state index is 14.0. The van der Waals surface area contributed by atoms with Crippen LogP contribution in [0.5, 0.6) is 0 Å². The molecule has 2 atom stereocenters. The Balaban J connectivity index is 1.86. The van der Waals surface area contributed by atoms with E-state index in [2.05, 4.69) is 27.3 Å². The lowest BCUT2D eigenvalue weighted by atomic mass is 9.70. The van der Waals surface area contributed by atoms with Crippen LogP contribution in [0.4, 0.5) is 5.69 Å². The predicted octanol–water partition coefficient (Wildman–Crippen LogP) is 4.32. The predicted molar refractivity (Wildman–Crippen MR) is 116 cm³/mol. The van der Waals surface area contributed by atoms with Crippen molar-refractivity contribution >= 4 is 27.5 Å². The number of rotatable bonds is 5. The van der Waals surface area contributed by atoms with Gasteiger partial charge in [0.2, 0.25) is 5.91 Å². The summed E-state index contributed by atoms with van der Waals surface area (Å²) in [4.78, 5) is 15.8. The second-order valence-electron chi connectivity index (χ2n) is 7.96. The van der Waals surface area contributed by atoms with E-state index >= 15 is 0 Å². The number of likely N-dealkylation sites (N-methyl/N-ethyl adjacent to an activating group) is 1. The Kier molecular flexibility index (Phi) is 5.59. The fourth-order valence-electron chi connectivity index (χ4n) is 4.99. The van der Waals surface area contributed by atoms with E-state index < -0.39 is 17.6 Å². The summed E-state index contributed by atoms with van der Waals surface area (Å²) < 4.78 is 0.998. The molecule has 0 radical (unpaired) electrons. The van der Waals surface area contributed by atoms with E-state index in [4.69, 9.17) is 0 Å². The zero-order valence-corrected chi connectivity index (χ0v) is 17.8. The molecular weight excluding hydrogens is 416 g/mol. The van der Waals surface area contributed by atoms with Gasteiger partial charge < -0.3 is 15.3 Å². The maximum Gasteiger partial charge on any atom is 0.238 e. The van der Waals surface area contributed by atoms with Crippen LogP contribution in [0.1, 0.15) is 49.3 Å². The van der Waals surface area contributed by atoms with Crippen LogP contribution in [-0.4, -0.2) is 30.7 Å². The first-order valence-electron chi connectivity index (χ1n) is 10.1. The minimum Gasteiger partial charge on any atom is -0.389 e. The van der Waals surface area contributed by atoms with Crippen LogP contribution in [0.3, 0.4) is 0 Å². The molecule has 4 rings (SSSR count). The van der Waals surface area contributed by atoms with E-state index in [0.717, 1.165) is 47.0 Å². The summed E-state index contributed by atoms with van der Waals surface area (Å²) >= 11 is 3.60. The molecule has 1 aliphatic heterocycles. The van der Waals surface area contributed by atoms with Crippen molar-refractivity contribution in [1.29, 1.82) is 0 Å². The number of fused-ring (bicyclic) bond motifs is 2. The van der Waals surface area contributed by atoms with Crippen molar-refractivity contribution in [2.75, 3.05) is 18.5 Å². The standard InChI is InChI=1S/C23H27BrN2O2/c1-25-15-20(27)21(16-8-4-2-5-9-16)26-19-11-10-17(24)14-18(19)23(22(26)28)12-6-3-7-13-23/h2,4-5,8-11,14,20-21,25,27H,3,6-7,12-13,15H2,1H3/t20-,21+/m1/s1. The highest BCUT2D eigenvalue weighted by atomic mass is 79.9. The normalized spacial score (nSPS) is 20.2. The van der Waals surface area contributed by atoms with Crippen molar-refractivity contribution in [2.24, 2.45) is 0 Å². The van der Waals surface area contributed by atoms with Crippen molar-refractivity contribution in [3.8, 4) is 0 Å². The second-order valence-corrected chi connectivity index (χ2v) is 8.88. The molecule has 1 saturated carbocycles. The molecule has 1 heterocycles. The van der Waals surface area contributed by atoms with Gasteiger partial charge in [-0.05, 0) is 49.2 Å². The molecule has 4 nitrogen and oxygen atoms in total. The van der Waals surface area contributed by atoms with Gasteiger partial charge in [0.15, 0.2) is 0 Å². The van der Waals surface area contributed by atoms with E-state index in [-0.39, 0.29) is 5.91 Å². The molecule has 1 spiro atoms. The minimum atomic E-state index is -0.702. The Bertz CT molecular complexity index is 849. The molecule has 1 aliphatic carbocycles. The Morgan fingerprint density at radius 1 is 1.14 bits per heavy atom. The fraction of sp³-hybridized carbons (Fsp3) is 0.435. The summed E-state index contributed by atoms with van der Waals surface area (Å²) in [5.41, 5.74) is 2.56. The molecule has 2 aliphatic rings. The zero-order valence-electron chi connectivity index (χ0n) is 16.2. The molecule has 2 aromatic rings. The summed E-state index contributed by atoms with van der Waals surface area (Å²) in [6.07, 6.45) is 4.39. The monoisotopic (exact) mass is 442 g/mol. The molecule has 0 saturated heterocycles. The van der Waals surface area contributed by atoms with Gasteiger partial charge in [-0.25, -0.2) is 0 Å². The number of benzene rings is 2. The molecule has 28 heavy (non-hydrogen) atoms. The van der Waals surface area contributed by atoms with Gasteiger partial charge in [-0.3, -0.25) is 4.79 Å². The average molecular weight is 443 g/mol. The number of carbonyl (C=O) groups is 1. The van der Waals surface area contributed by atoms with Gasteiger partial charge in [-0.2, -0.15) is 0 Å². The first-order chi connectivity index (χ1) is 13.6. The third-order valence-corrected chi connectivity index (χ3v) is 6.76. The minimum absolute atomic E-state index is 0.143. The molecule has 0 bridgehead atoms. The highest BCUT2D eigenvalue weighted by Crippen LogP contribution is 2.53. The summed E-state index contributed by atoms with van der Waals surface area (Å²) in [6.45, 7) is 0.419. The largest absolute Gasteiger partial charge is 0.389 e. The van der Waals surface area contributed by atoms with Crippen LogP contribution in [-0.2, 0) is 10.2 Å². The van der Waals surface area contributed by atoms with Crippen LogP contribution in [0.2, 0.25) is 0 Å². The van der Waals surface area contributed by atoms with Crippen LogP contribution < -0.4 is 10.2 Å². The van der Waals surface area contributed by atoms with E-state index in [9.17, 15) is 9.90 Å². The Labute approximate surface area is 175 Å². The van der Waals surface area contributed by atoms with E-state index in [1.54, 1.807) is 0 Å². The molecule has 2 aromatic carbocycles. The average Bonchev–Trinajstić information content (AvgIpc) is 2.93. The van der Waals surface area contributed by atoms with Crippen LogP contribution in [0.15, 0.2) is 53.0 Å². The smallest absolute Gasteiger partial charge is 0.238 e. The Hall–Kier alpha value is -1.69. The van der Waals surface area contributed by atoms with Crippen LogP contribution in [0, 0.1) is 0 Å². The van der Waals surface area contributed by atoms with Crippen molar-refractivity contribution in [3.05, 3.63) is 64.1 Å². The highest BCUT2D eigenvalue weighted by Gasteiger charge is 2.53. The van der Waals surface area contributed by atoms with Crippen molar-refractivity contribution in [2.45, 2.75) is 49.7 Å².